The summed E-state index contributed by atoms with van der Waals surface area (Å²) < 4.78 is 2.48. The lowest BCUT2D eigenvalue weighted by atomic mass is 9.67. The molecule has 10 aromatic carbocycles. The molecule has 1 spiro atoms. The summed E-state index contributed by atoms with van der Waals surface area (Å²) in [7, 11) is 0. The Hall–Kier alpha value is -8.64. The maximum absolute atomic E-state index is 5.42. The summed E-state index contributed by atoms with van der Waals surface area (Å²) in [5, 5.41) is 2.35. The second kappa shape index (κ2) is 15.4. The number of hydrogen-bond donors (Lipinski definition) is 0. The van der Waals surface area contributed by atoms with E-state index >= 15 is 0 Å². The zero-order chi connectivity index (χ0) is 47.7. The van der Waals surface area contributed by atoms with E-state index in [2.05, 4.69) is 231 Å². The van der Waals surface area contributed by atoms with Crippen LogP contribution in [0.5, 0.6) is 0 Å². The van der Waals surface area contributed by atoms with Crippen molar-refractivity contribution >= 4 is 33.6 Å². The maximum atomic E-state index is 5.42. The van der Waals surface area contributed by atoms with Crippen molar-refractivity contribution in [1.82, 2.24) is 19.5 Å². The molecular formula is C67H44N4S. The van der Waals surface area contributed by atoms with Gasteiger partial charge in [-0.05, 0) is 115 Å². The van der Waals surface area contributed by atoms with Crippen LogP contribution >= 0.6 is 11.8 Å². The molecule has 338 valence electrons. The van der Waals surface area contributed by atoms with Gasteiger partial charge in [0.05, 0.1) is 16.4 Å². The molecule has 0 saturated heterocycles. The zero-order valence-corrected chi connectivity index (χ0v) is 40.5. The van der Waals surface area contributed by atoms with E-state index in [-0.39, 0.29) is 5.41 Å². The van der Waals surface area contributed by atoms with Gasteiger partial charge in [0.2, 0.25) is 0 Å². The minimum atomic E-state index is -0.459. The quantitative estimate of drug-likeness (QED) is 0.172. The molecule has 72 heavy (non-hydrogen) atoms. The predicted octanol–water partition coefficient (Wildman–Crippen LogP) is 16.8. The lowest BCUT2D eigenvalue weighted by Gasteiger charge is -2.39. The monoisotopic (exact) mass is 936 g/mol. The van der Waals surface area contributed by atoms with E-state index in [9.17, 15) is 0 Å². The van der Waals surface area contributed by atoms with E-state index < -0.39 is 5.41 Å². The highest BCUT2D eigenvalue weighted by Gasteiger charge is 2.50. The van der Waals surface area contributed by atoms with Crippen LogP contribution < -0.4 is 0 Å². The van der Waals surface area contributed by atoms with E-state index in [1.807, 2.05) is 30.0 Å². The average Bonchev–Trinajstić information content (AvgIpc) is 4.02. The maximum Gasteiger partial charge on any atom is 0.164 e. The van der Waals surface area contributed by atoms with Crippen LogP contribution in [-0.4, -0.2) is 19.5 Å². The third kappa shape index (κ3) is 5.74. The highest BCUT2D eigenvalue weighted by Crippen LogP contribution is 2.62. The van der Waals surface area contributed by atoms with Crippen molar-refractivity contribution in [3.8, 4) is 73.2 Å². The Bertz CT molecular complexity index is 4170. The molecule has 3 heterocycles. The van der Waals surface area contributed by atoms with Gasteiger partial charge in [0.1, 0.15) is 0 Å². The van der Waals surface area contributed by atoms with E-state index in [0.29, 0.717) is 17.5 Å². The molecule has 0 bridgehead atoms. The highest BCUT2D eigenvalue weighted by molar-refractivity contribution is 7.99. The first-order valence-corrected chi connectivity index (χ1v) is 25.6. The number of para-hydroxylation sites is 1. The van der Waals surface area contributed by atoms with Gasteiger partial charge in [-0.25, -0.2) is 15.0 Å². The smallest absolute Gasteiger partial charge is 0.164 e. The van der Waals surface area contributed by atoms with Crippen molar-refractivity contribution in [3.63, 3.8) is 0 Å². The molecular weight excluding hydrogens is 893 g/mol. The number of nitrogens with zero attached hydrogens (tertiary/aromatic N) is 4. The SMILES string of the molecule is CC1(C)c2cccc(-c3ccccc3)c2-c2ccc3c4cc(-c5nc(-c6ccccc6)nc(-c6ccc7c(c6)-c6ccccc6C76c7ccccc7Sc7ccccc76)n5)ccc4n(-c4ccccc4)c3c21. The molecule has 0 saturated carbocycles. The van der Waals surface area contributed by atoms with Crippen LogP contribution in [0.2, 0.25) is 0 Å². The fraction of sp³-hybridized carbons (Fsp3) is 0.0597. The van der Waals surface area contributed by atoms with Crippen molar-refractivity contribution in [2.24, 2.45) is 0 Å². The molecule has 0 N–H and O–H groups in total. The first-order valence-electron chi connectivity index (χ1n) is 24.8. The predicted molar refractivity (Wildman–Crippen MR) is 295 cm³/mol. The van der Waals surface area contributed by atoms with Gasteiger partial charge in [0, 0.05) is 48.4 Å². The number of rotatable bonds is 5. The van der Waals surface area contributed by atoms with Gasteiger partial charge in [-0.3, -0.25) is 0 Å². The summed E-state index contributed by atoms with van der Waals surface area (Å²) in [6.45, 7) is 4.79. The summed E-state index contributed by atoms with van der Waals surface area (Å²) >= 11 is 1.87. The van der Waals surface area contributed by atoms with Gasteiger partial charge in [-0.1, -0.05) is 208 Å². The molecule has 2 aromatic heterocycles. The van der Waals surface area contributed by atoms with E-state index in [4.69, 9.17) is 15.0 Å². The number of aromatic nitrogens is 4. The second-order valence-corrected chi connectivity index (χ2v) is 20.9. The molecule has 0 radical (unpaired) electrons. The summed E-state index contributed by atoms with van der Waals surface area (Å²) in [6, 6.07) is 84.0. The molecule has 4 nitrogen and oxygen atoms in total. The van der Waals surface area contributed by atoms with Crippen LogP contribution in [-0.2, 0) is 10.8 Å². The fourth-order valence-corrected chi connectivity index (χ4v) is 13.8. The highest BCUT2D eigenvalue weighted by atomic mass is 32.2. The Kier molecular flexibility index (Phi) is 8.82. The van der Waals surface area contributed by atoms with Gasteiger partial charge in [0.25, 0.3) is 0 Å². The van der Waals surface area contributed by atoms with Crippen LogP contribution in [0.15, 0.2) is 240 Å². The third-order valence-electron chi connectivity index (χ3n) is 15.7. The van der Waals surface area contributed by atoms with E-state index in [0.717, 1.165) is 33.3 Å². The van der Waals surface area contributed by atoms with Gasteiger partial charge in [0.15, 0.2) is 17.5 Å². The standard InChI is InChI=1S/C67H44N4S/c1-66(2)56-30-18-26-46(41-19-6-3-7-20-41)60(56)49-36-35-48-51-40-44(34-38-57(51)71(62(48)61(49)66)45-23-10-5-11-24-45)65-69-63(42-21-8-4-9-22-42)68-64(70-65)43-33-37-53-50(39-43)47-25-12-13-27-52(47)67(53)54-28-14-16-31-58(54)72-59-32-17-15-29-55(59)67/h3-40H,1-2H3. The second-order valence-electron chi connectivity index (χ2n) is 19.8. The van der Waals surface area contributed by atoms with Crippen LogP contribution in [0, 0.1) is 0 Å². The molecule has 15 rings (SSSR count). The molecule has 0 atom stereocenters. The van der Waals surface area contributed by atoms with Crippen molar-refractivity contribution in [2.45, 2.75) is 34.5 Å². The van der Waals surface area contributed by atoms with E-state index in [1.165, 1.54) is 87.5 Å². The number of benzene rings is 10. The van der Waals surface area contributed by atoms with Gasteiger partial charge in [-0.2, -0.15) is 0 Å². The normalized spacial score (nSPS) is 14.1. The zero-order valence-electron chi connectivity index (χ0n) is 39.6. The number of fused-ring (bicyclic) bond motifs is 16. The summed E-state index contributed by atoms with van der Waals surface area (Å²) in [5.41, 5.74) is 21.0. The lowest BCUT2D eigenvalue weighted by molar-refractivity contribution is 0.664. The molecule has 2 aliphatic carbocycles. The Morgan fingerprint density at radius 2 is 0.917 bits per heavy atom. The molecule has 12 aromatic rings. The lowest BCUT2D eigenvalue weighted by Crippen LogP contribution is -2.31. The molecule has 1 aliphatic heterocycles. The Labute approximate surface area is 422 Å². The summed E-state index contributed by atoms with van der Waals surface area (Å²) in [6.07, 6.45) is 0. The largest absolute Gasteiger partial charge is 0.309 e. The Morgan fingerprint density at radius 1 is 0.375 bits per heavy atom. The van der Waals surface area contributed by atoms with Crippen molar-refractivity contribution in [3.05, 3.63) is 264 Å². The van der Waals surface area contributed by atoms with Crippen molar-refractivity contribution in [1.29, 1.82) is 0 Å². The molecule has 0 fully saturated rings. The summed E-state index contributed by atoms with van der Waals surface area (Å²) in [4.78, 5) is 18.6. The number of hydrogen-bond acceptors (Lipinski definition) is 4. The molecule has 0 unspecified atom stereocenters. The average molecular weight is 937 g/mol. The minimum absolute atomic E-state index is 0.273. The Balaban J connectivity index is 0.938. The van der Waals surface area contributed by atoms with Gasteiger partial charge in [-0.15, -0.1) is 0 Å². The molecule has 0 amide bonds. The first-order chi connectivity index (χ1) is 35.5. The van der Waals surface area contributed by atoms with Gasteiger partial charge < -0.3 is 4.57 Å². The third-order valence-corrected chi connectivity index (χ3v) is 16.8. The molecule has 3 aliphatic rings. The van der Waals surface area contributed by atoms with Crippen LogP contribution in [0.4, 0.5) is 0 Å². The van der Waals surface area contributed by atoms with Crippen LogP contribution in [0.3, 0.4) is 0 Å². The van der Waals surface area contributed by atoms with Crippen molar-refractivity contribution < 1.29 is 0 Å². The van der Waals surface area contributed by atoms with E-state index in [1.54, 1.807) is 0 Å². The van der Waals surface area contributed by atoms with Crippen LogP contribution in [0.25, 0.3) is 95.0 Å². The van der Waals surface area contributed by atoms with Gasteiger partial charge >= 0.3 is 0 Å². The minimum Gasteiger partial charge on any atom is -0.309 e. The van der Waals surface area contributed by atoms with Crippen LogP contribution in [0.1, 0.15) is 47.2 Å². The first kappa shape index (κ1) is 41.2. The summed E-state index contributed by atoms with van der Waals surface area (Å²) in [5.74, 6) is 1.91. The molecule has 5 heteroatoms. The topological polar surface area (TPSA) is 43.6 Å². The fourth-order valence-electron chi connectivity index (χ4n) is 12.6. The Morgan fingerprint density at radius 3 is 1.62 bits per heavy atom. The van der Waals surface area contributed by atoms with Crippen molar-refractivity contribution in [2.75, 3.05) is 0 Å².